The van der Waals surface area contributed by atoms with Crippen LogP contribution in [0.2, 0.25) is 0 Å². The van der Waals surface area contributed by atoms with Crippen molar-refractivity contribution in [3.8, 4) is 0 Å². The summed E-state index contributed by atoms with van der Waals surface area (Å²) in [5.74, 6) is -0.208. The molecule has 100 valence electrons. The lowest BCUT2D eigenvalue weighted by Gasteiger charge is -2.06. The molecule has 0 aliphatic heterocycles. The number of rotatable bonds is 2. The molecule has 0 radical (unpaired) electrons. The van der Waals surface area contributed by atoms with Crippen LogP contribution in [0.4, 0.5) is 11.4 Å². The second-order valence-electron chi connectivity index (χ2n) is 4.40. The molecule has 1 amide bonds. The van der Waals surface area contributed by atoms with Gasteiger partial charge in [-0.1, -0.05) is 15.9 Å². The van der Waals surface area contributed by atoms with Crippen molar-refractivity contribution in [1.82, 2.24) is 10.2 Å². The number of amides is 1. The molecule has 5 nitrogen and oxygen atoms in total. The third-order valence-corrected chi connectivity index (χ3v) is 3.34. The maximum atomic E-state index is 12.2. The lowest BCUT2D eigenvalue weighted by Crippen LogP contribution is -2.12. The van der Waals surface area contributed by atoms with Crippen molar-refractivity contribution in [1.29, 1.82) is 0 Å². The fourth-order valence-electron chi connectivity index (χ4n) is 1.97. The maximum Gasteiger partial charge on any atom is 0.255 e. The maximum absolute atomic E-state index is 12.2. The first-order valence-electron chi connectivity index (χ1n) is 5.92. The standard InChI is InChI=1S/C14H11BrN4O/c15-10-3-8(4-11(16)6-10)14(20)18-12-1-2-13-9(5-12)7-17-19-13/h1-7H,16H2,(H,17,19)(H,18,20). The van der Waals surface area contributed by atoms with Gasteiger partial charge in [-0.05, 0) is 36.4 Å². The molecule has 0 bridgehead atoms. The van der Waals surface area contributed by atoms with Crippen LogP contribution in [0.15, 0.2) is 47.1 Å². The molecule has 0 unspecified atom stereocenters. The first kappa shape index (κ1) is 12.7. The van der Waals surface area contributed by atoms with Gasteiger partial charge in [0, 0.05) is 26.8 Å². The van der Waals surface area contributed by atoms with Crippen LogP contribution in [0.25, 0.3) is 10.9 Å². The normalized spacial score (nSPS) is 10.7. The van der Waals surface area contributed by atoms with Gasteiger partial charge in [0.15, 0.2) is 0 Å². The third kappa shape index (κ3) is 2.50. The van der Waals surface area contributed by atoms with E-state index >= 15 is 0 Å². The fourth-order valence-corrected chi connectivity index (χ4v) is 2.48. The van der Waals surface area contributed by atoms with E-state index in [0.717, 1.165) is 15.4 Å². The van der Waals surface area contributed by atoms with Gasteiger partial charge in [0.05, 0.1) is 11.7 Å². The van der Waals surface area contributed by atoms with E-state index in [-0.39, 0.29) is 5.91 Å². The molecule has 6 heteroatoms. The molecule has 0 spiro atoms. The topological polar surface area (TPSA) is 83.8 Å². The molecule has 0 atom stereocenters. The Morgan fingerprint density at radius 2 is 2.10 bits per heavy atom. The Bertz CT molecular complexity index is 776. The Balaban J connectivity index is 1.87. The number of hydrogen-bond donors (Lipinski definition) is 3. The van der Waals surface area contributed by atoms with E-state index in [4.69, 9.17) is 5.73 Å². The lowest BCUT2D eigenvalue weighted by molar-refractivity contribution is 0.102. The minimum Gasteiger partial charge on any atom is -0.399 e. The van der Waals surface area contributed by atoms with Gasteiger partial charge in [0.1, 0.15) is 0 Å². The van der Waals surface area contributed by atoms with Crippen molar-refractivity contribution in [3.05, 3.63) is 52.6 Å². The van der Waals surface area contributed by atoms with Crippen molar-refractivity contribution >= 4 is 44.1 Å². The first-order chi connectivity index (χ1) is 9.61. The minimum absolute atomic E-state index is 0.208. The van der Waals surface area contributed by atoms with E-state index in [1.165, 1.54) is 0 Å². The second kappa shape index (κ2) is 4.97. The van der Waals surface area contributed by atoms with Crippen LogP contribution in [-0.2, 0) is 0 Å². The van der Waals surface area contributed by atoms with Crippen molar-refractivity contribution in [3.63, 3.8) is 0 Å². The number of aromatic nitrogens is 2. The quantitative estimate of drug-likeness (QED) is 0.631. The van der Waals surface area contributed by atoms with Crippen LogP contribution in [0.1, 0.15) is 10.4 Å². The molecule has 4 N–H and O–H groups in total. The number of nitrogens with two attached hydrogens (primary N) is 1. The molecule has 0 saturated heterocycles. The van der Waals surface area contributed by atoms with Crippen molar-refractivity contribution in [2.45, 2.75) is 0 Å². The molecule has 3 rings (SSSR count). The van der Waals surface area contributed by atoms with E-state index in [1.807, 2.05) is 18.2 Å². The fraction of sp³-hybridized carbons (Fsp3) is 0. The number of nitrogens with one attached hydrogen (secondary N) is 2. The second-order valence-corrected chi connectivity index (χ2v) is 5.32. The highest BCUT2D eigenvalue weighted by Crippen LogP contribution is 2.20. The third-order valence-electron chi connectivity index (χ3n) is 2.88. The van der Waals surface area contributed by atoms with Crippen LogP contribution in [0.3, 0.4) is 0 Å². The molecule has 0 saturated carbocycles. The van der Waals surface area contributed by atoms with Gasteiger partial charge in [-0.2, -0.15) is 5.10 Å². The number of nitrogens with zero attached hydrogens (tertiary/aromatic N) is 1. The number of carbonyl (C=O) groups is 1. The highest BCUT2D eigenvalue weighted by Gasteiger charge is 2.08. The van der Waals surface area contributed by atoms with Crippen LogP contribution >= 0.6 is 15.9 Å². The summed E-state index contributed by atoms with van der Waals surface area (Å²) in [6.07, 6.45) is 1.71. The van der Waals surface area contributed by atoms with Crippen LogP contribution < -0.4 is 11.1 Å². The zero-order valence-electron chi connectivity index (χ0n) is 10.4. The first-order valence-corrected chi connectivity index (χ1v) is 6.72. The number of aromatic amines is 1. The highest BCUT2D eigenvalue weighted by atomic mass is 79.9. The summed E-state index contributed by atoms with van der Waals surface area (Å²) >= 11 is 3.32. The molecule has 0 fully saturated rings. The monoisotopic (exact) mass is 330 g/mol. The molecule has 1 aromatic heterocycles. The van der Waals surface area contributed by atoms with E-state index in [1.54, 1.807) is 24.4 Å². The zero-order valence-corrected chi connectivity index (χ0v) is 11.9. The van der Waals surface area contributed by atoms with Gasteiger partial charge in [-0.15, -0.1) is 0 Å². The lowest BCUT2D eigenvalue weighted by atomic mass is 10.1. The molecule has 20 heavy (non-hydrogen) atoms. The van der Waals surface area contributed by atoms with Gasteiger partial charge >= 0.3 is 0 Å². The zero-order chi connectivity index (χ0) is 14.1. The number of fused-ring (bicyclic) bond motifs is 1. The van der Waals surface area contributed by atoms with E-state index in [2.05, 4.69) is 31.4 Å². The molecule has 0 aliphatic carbocycles. The SMILES string of the molecule is Nc1cc(Br)cc(C(=O)Nc2ccc3[nH]ncc3c2)c1. The predicted octanol–water partition coefficient (Wildman–Crippen LogP) is 3.16. The molecule has 2 aromatic carbocycles. The summed E-state index contributed by atoms with van der Waals surface area (Å²) < 4.78 is 0.771. The minimum atomic E-state index is -0.208. The summed E-state index contributed by atoms with van der Waals surface area (Å²) in [4.78, 5) is 12.2. The van der Waals surface area contributed by atoms with E-state index in [0.29, 0.717) is 16.9 Å². The summed E-state index contributed by atoms with van der Waals surface area (Å²) in [7, 11) is 0. The van der Waals surface area contributed by atoms with Gasteiger partial charge in [-0.3, -0.25) is 9.89 Å². The van der Waals surface area contributed by atoms with E-state index < -0.39 is 0 Å². The summed E-state index contributed by atoms with van der Waals surface area (Å²) in [5.41, 5.74) is 8.41. The van der Waals surface area contributed by atoms with Gasteiger partial charge in [0.2, 0.25) is 0 Å². The smallest absolute Gasteiger partial charge is 0.255 e. The number of nitrogen functional groups attached to an aromatic ring is 1. The number of halogens is 1. The van der Waals surface area contributed by atoms with Crippen molar-refractivity contribution in [2.75, 3.05) is 11.1 Å². The molecular weight excluding hydrogens is 320 g/mol. The summed E-state index contributed by atoms with van der Waals surface area (Å²) in [5, 5.41) is 10.6. The average molecular weight is 331 g/mol. The molecular formula is C14H11BrN4O. The number of carbonyl (C=O) groups excluding carboxylic acids is 1. The Hall–Kier alpha value is -2.34. The van der Waals surface area contributed by atoms with Crippen LogP contribution in [0, 0.1) is 0 Å². The Labute approximate surface area is 123 Å². The predicted molar refractivity (Wildman–Crippen MR) is 82.6 cm³/mol. The molecule has 1 heterocycles. The Morgan fingerprint density at radius 1 is 1.25 bits per heavy atom. The number of hydrogen-bond acceptors (Lipinski definition) is 3. The molecule has 3 aromatic rings. The number of H-pyrrole nitrogens is 1. The highest BCUT2D eigenvalue weighted by molar-refractivity contribution is 9.10. The van der Waals surface area contributed by atoms with Crippen LogP contribution in [0.5, 0.6) is 0 Å². The van der Waals surface area contributed by atoms with Gasteiger partial charge in [0.25, 0.3) is 5.91 Å². The number of anilines is 2. The summed E-state index contributed by atoms with van der Waals surface area (Å²) in [6.45, 7) is 0. The van der Waals surface area contributed by atoms with Crippen LogP contribution in [-0.4, -0.2) is 16.1 Å². The van der Waals surface area contributed by atoms with Gasteiger partial charge < -0.3 is 11.1 Å². The molecule has 0 aliphatic rings. The average Bonchev–Trinajstić information content (AvgIpc) is 2.85. The number of benzene rings is 2. The van der Waals surface area contributed by atoms with Crippen molar-refractivity contribution < 1.29 is 4.79 Å². The van der Waals surface area contributed by atoms with E-state index in [9.17, 15) is 4.79 Å². The van der Waals surface area contributed by atoms with Gasteiger partial charge in [-0.25, -0.2) is 0 Å². The Morgan fingerprint density at radius 3 is 2.90 bits per heavy atom. The Kier molecular flexibility index (Phi) is 3.15. The van der Waals surface area contributed by atoms with Crippen molar-refractivity contribution in [2.24, 2.45) is 0 Å². The largest absolute Gasteiger partial charge is 0.399 e. The summed E-state index contributed by atoms with van der Waals surface area (Å²) in [6, 6.07) is 10.7.